The lowest BCUT2D eigenvalue weighted by Crippen LogP contribution is -2.48. The Labute approximate surface area is 121 Å². The van der Waals surface area contributed by atoms with Gasteiger partial charge in [0, 0.05) is 6.04 Å². The lowest BCUT2D eigenvalue weighted by Gasteiger charge is -2.42. The van der Waals surface area contributed by atoms with Crippen LogP contribution in [0.1, 0.15) is 85.0 Å². The van der Waals surface area contributed by atoms with Gasteiger partial charge in [0.15, 0.2) is 7.98 Å². The third-order valence-electron chi connectivity index (χ3n) is 4.57. The molecule has 0 aliphatic heterocycles. The predicted octanol–water partition coefficient (Wildman–Crippen LogP) is 3.59. The number of ether oxygens (including phenoxy) is 1. The first-order valence-electron chi connectivity index (χ1n) is 8.48. The summed E-state index contributed by atoms with van der Waals surface area (Å²) in [4.78, 5) is 0. The van der Waals surface area contributed by atoms with Crippen molar-refractivity contribution in [3.05, 3.63) is 0 Å². The van der Waals surface area contributed by atoms with Gasteiger partial charge in [-0.3, -0.25) is 0 Å². The maximum Gasteiger partial charge on any atom is 0.182 e. The van der Waals surface area contributed by atoms with E-state index in [0.717, 1.165) is 0 Å². The molecule has 1 atom stereocenters. The van der Waals surface area contributed by atoms with Crippen molar-refractivity contribution in [1.29, 1.82) is 0 Å². The normalized spacial score (nSPS) is 25.8. The Balaban J connectivity index is 2.31. The Kier molecular flexibility index (Phi) is 8.09. The largest absolute Gasteiger partial charge is 0.372 e. The quantitative estimate of drug-likeness (QED) is 0.456. The highest BCUT2D eigenvalue weighted by molar-refractivity contribution is 6.04. The van der Waals surface area contributed by atoms with E-state index in [2.05, 4.69) is 34.0 Å². The molecule has 1 unspecified atom stereocenters. The van der Waals surface area contributed by atoms with Crippen LogP contribution in [0.3, 0.4) is 0 Å². The van der Waals surface area contributed by atoms with Crippen molar-refractivity contribution in [2.75, 3.05) is 0 Å². The molecule has 0 aromatic heterocycles. The molecule has 0 bridgehead atoms. The molecular weight excluding hydrogens is 233 g/mol. The summed E-state index contributed by atoms with van der Waals surface area (Å²) in [7, 11) is 2.06. The summed E-state index contributed by atoms with van der Waals surface area (Å²) in [6.07, 6.45) is 13.3. The summed E-state index contributed by atoms with van der Waals surface area (Å²) in [5.74, 6) is 0. The average Bonchev–Trinajstić information content (AvgIpc) is 2.36. The summed E-state index contributed by atoms with van der Waals surface area (Å²) in [6, 6.07) is 0.695. The highest BCUT2D eigenvalue weighted by Gasteiger charge is 2.35. The summed E-state index contributed by atoms with van der Waals surface area (Å²) in [5.41, 5.74) is 0.132. The smallest absolute Gasteiger partial charge is 0.182 e. The first-order valence-corrected chi connectivity index (χ1v) is 8.48. The zero-order valence-corrected chi connectivity index (χ0v) is 13.6. The van der Waals surface area contributed by atoms with Crippen molar-refractivity contribution in [2.24, 2.45) is 0 Å². The van der Waals surface area contributed by atoms with Crippen LogP contribution in [0.2, 0.25) is 0 Å². The third-order valence-corrected chi connectivity index (χ3v) is 4.57. The second kappa shape index (κ2) is 9.02. The first kappa shape index (κ1) is 17.0. The van der Waals surface area contributed by atoms with Gasteiger partial charge in [0.2, 0.25) is 0 Å². The van der Waals surface area contributed by atoms with Gasteiger partial charge in [0.05, 0.1) is 11.7 Å². The number of hydrogen-bond acceptors (Lipinski definition) is 2. The standard InChI is InChI=1S/C16H34BNO/c1-4-6-8-9-11-16(3,10-7-5-2)19-15-12-14(13-15)18-17/h14-15,18H,4-13,17H2,1-3H3. The highest BCUT2D eigenvalue weighted by Crippen LogP contribution is 2.33. The van der Waals surface area contributed by atoms with Crippen LogP contribution < -0.4 is 5.23 Å². The number of hydrogen-bond donors (Lipinski definition) is 1. The Morgan fingerprint density at radius 2 is 1.68 bits per heavy atom. The van der Waals surface area contributed by atoms with Gasteiger partial charge in [-0.15, -0.1) is 0 Å². The van der Waals surface area contributed by atoms with Crippen molar-refractivity contribution >= 4 is 7.98 Å². The second-order valence-corrected chi connectivity index (χ2v) is 6.56. The van der Waals surface area contributed by atoms with Gasteiger partial charge in [0.1, 0.15) is 0 Å². The topological polar surface area (TPSA) is 21.3 Å². The van der Waals surface area contributed by atoms with Crippen molar-refractivity contribution in [3.8, 4) is 0 Å². The van der Waals surface area contributed by atoms with E-state index in [1.807, 2.05) is 0 Å². The SMILES string of the molecule is BNC1CC(OC(C)(CCCC)CCCCCC)C1. The fourth-order valence-electron chi connectivity index (χ4n) is 3.02. The summed E-state index contributed by atoms with van der Waals surface area (Å²) >= 11 is 0. The zero-order chi connectivity index (χ0) is 14.1. The van der Waals surface area contributed by atoms with Crippen LogP contribution in [0, 0.1) is 0 Å². The van der Waals surface area contributed by atoms with Gasteiger partial charge in [-0.2, -0.15) is 0 Å². The molecule has 1 rings (SSSR count). The minimum absolute atomic E-state index is 0.132. The predicted molar refractivity (Wildman–Crippen MR) is 86.3 cm³/mol. The maximum atomic E-state index is 6.45. The van der Waals surface area contributed by atoms with Crippen molar-refractivity contribution in [3.63, 3.8) is 0 Å². The highest BCUT2D eigenvalue weighted by atomic mass is 16.5. The number of nitrogens with one attached hydrogen (secondary N) is 1. The number of unbranched alkanes of at least 4 members (excludes halogenated alkanes) is 4. The van der Waals surface area contributed by atoms with Crippen LogP contribution in [0.15, 0.2) is 0 Å². The maximum absolute atomic E-state index is 6.45. The van der Waals surface area contributed by atoms with Gasteiger partial charge < -0.3 is 9.96 Å². The van der Waals surface area contributed by atoms with E-state index < -0.39 is 0 Å². The van der Waals surface area contributed by atoms with Crippen LogP contribution in [0.25, 0.3) is 0 Å². The van der Waals surface area contributed by atoms with Crippen LogP contribution in [0.5, 0.6) is 0 Å². The van der Waals surface area contributed by atoms with Gasteiger partial charge in [-0.1, -0.05) is 52.4 Å². The van der Waals surface area contributed by atoms with E-state index in [1.165, 1.54) is 64.2 Å². The van der Waals surface area contributed by atoms with E-state index in [0.29, 0.717) is 12.1 Å². The molecule has 0 amide bonds. The Morgan fingerprint density at radius 3 is 2.26 bits per heavy atom. The van der Waals surface area contributed by atoms with Crippen molar-refractivity contribution in [1.82, 2.24) is 5.23 Å². The molecule has 0 saturated heterocycles. The second-order valence-electron chi connectivity index (χ2n) is 6.56. The van der Waals surface area contributed by atoms with Gasteiger partial charge in [-0.25, -0.2) is 0 Å². The van der Waals surface area contributed by atoms with E-state index in [1.54, 1.807) is 0 Å². The third kappa shape index (κ3) is 6.31. The molecule has 2 nitrogen and oxygen atoms in total. The first-order chi connectivity index (χ1) is 9.13. The molecule has 112 valence electrons. The van der Waals surface area contributed by atoms with Crippen LogP contribution >= 0.6 is 0 Å². The van der Waals surface area contributed by atoms with Crippen molar-refractivity contribution in [2.45, 2.75) is 103 Å². The fourth-order valence-corrected chi connectivity index (χ4v) is 3.02. The molecule has 1 fully saturated rings. The fraction of sp³-hybridized carbons (Fsp3) is 1.00. The van der Waals surface area contributed by atoms with Crippen LogP contribution in [-0.2, 0) is 4.74 Å². The Hall–Kier alpha value is -0.0151. The van der Waals surface area contributed by atoms with Gasteiger partial charge in [0.25, 0.3) is 0 Å². The molecule has 0 aromatic rings. The Bertz CT molecular complexity index is 231. The number of rotatable bonds is 11. The van der Waals surface area contributed by atoms with E-state index >= 15 is 0 Å². The van der Waals surface area contributed by atoms with E-state index in [4.69, 9.17) is 4.74 Å². The molecule has 1 aliphatic rings. The molecule has 19 heavy (non-hydrogen) atoms. The minimum atomic E-state index is 0.132. The lowest BCUT2D eigenvalue weighted by molar-refractivity contribution is -0.127. The molecule has 1 saturated carbocycles. The summed E-state index contributed by atoms with van der Waals surface area (Å²) in [5, 5.41) is 3.34. The molecule has 1 N–H and O–H groups in total. The van der Waals surface area contributed by atoms with Crippen LogP contribution in [0.4, 0.5) is 0 Å². The van der Waals surface area contributed by atoms with E-state index in [9.17, 15) is 0 Å². The van der Waals surface area contributed by atoms with Crippen LogP contribution in [-0.4, -0.2) is 25.7 Å². The zero-order valence-electron chi connectivity index (χ0n) is 13.6. The lowest BCUT2D eigenvalue weighted by atomic mass is 9.85. The molecule has 0 radical (unpaired) electrons. The minimum Gasteiger partial charge on any atom is -0.372 e. The summed E-state index contributed by atoms with van der Waals surface area (Å²) in [6.45, 7) is 6.90. The summed E-state index contributed by atoms with van der Waals surface area (Å²) < 4.78 is 6.45. The molecule has 0 heterocycles. The monoisotopic (exact) mass is 267 g/mol. The van der Waals surface area contributed by atoms with Gasteiger partial charge >= 0.3 is 0 Å². The molecule has 3 heteroatoms. The molecular formula is C16H34BNO. The van der Waals surface area contributed by atoms with Gasteiger partial charge in [-0.05, 0) is 32.6 Å². The van der Waals surface area contributed by atoms with E-state index in [-0.39, 0.29) is 5.60 Å². The molecule has 1 aliphatic carbocycles. The van der Waals surface area contributed by atoms with Crippen molar-refractivity contribution < 1.29 is 4.74 Å². The average molecular weight is 267 g/mol. The molecule has 0 aromatic carbocycles. The Morgan fingerprint density at radius 1 is 1.05 bits per heavy atom. The molecule has 0 spiro atoms.